The predicted molar refractivity (Wildman–Crippen MR) is 108 cm³/mol. The number of alkyl halides is 1. The minimum absolute atomic E-state index is 0.232. The van der Waals surface area contributed by atoms with Crippen LogP contribution < -0.4 is 5.32 Å². The van der Waals surface area contributed by atoms with Crippen LogP contribution in [0.2, 0.25) is 0 Å². The monoisotopic (exact) mass is 407 g/mol. The number of nitrogens with zero attached hydrogens (tertiary/aromatic N) is 4. The van der Waals surface area contributed by atoms with E-state index in [9.17, 15) is 0 Å². The quantitative estimate of drug-likeness (QED) is 0.769. The lowest BCUT2D eigenvalue weighted by Gasteiger charge is -2.44. The van der Waals surface area contributed by atoms with Gasteiger partial charge in [-0.3, -0.25) is 9.80 Å². The highest BCUT2D eigenvalue weighted by Crippen LogP contribution is 2.36. The average molecular weight is 408 g/mol. The predicted octanol–water partition coefficient (Wildman–Crippen LogP) is 2.80. The van der Waals surface area contributed by atoms with Gasteiger partial charge in [0.2, 0.25) is 0 Å². The van der Waals surface area contributed by atoms with Crippen molar-refractivity contribution in [1.82, 2.24) is 25.1 Å². The maximum atomic E-state index is 6.34. The number of rotatable bonds is 5. The molecule has 3 fully saturated rings. The van der Waals surface area contributed by atoms with Crippen molar-refractivity contribution in [3.63, 3.8) is 0 Å². The van der Waals surface area contributed by atoms with Gasteiger partial charge >= 0.3 is 0 Å². The second-order valence-electron chi connectivity index (χ2n) is 7.82. The molecule has 0 radical (unpaired) electrons. The Hall–Kier alpha value is -0.830. The largest absolute Gasteiger partial charge is 0.360 e. The van der Waals surface area contributed by atoms with Crippen LogP contribution in [0.3, 0.4) is 0 Å². The number of nitrogens with one attached hydrogen (secondary N) is 1. The summed E-state index contributed by atoms with van der Waals surface area (Å²) < 4.78 is 6.74. The molecule has 2 aromatic rings. The van der Waals surface area contributed by atoms with E-state index < -0.39 is 0 Å². The number of ether oxygens (including phenoxy) is 1. The normalized spacial score (nSPS) is 27.2. The third-order valence-corrected chi connectivity index (χ3v) is 7.16. The van der Waals surface area contributed by atoms with Gasteiger partial charge in [0.15, 0.2) is 0 Å². The Morgan fingerprint density at radius 3 is 2.70 bits per heavy atom. The van der Waals surface area contributed by atoms with E-state index in [1.54, 1.807) is 6.33 Å². The van der Waals surface area contributed by atoms with E-state index in [0.29, 0.717) is 12.6 Å². The van der Waals surface area contributed by atoms with Gasteiger partial charge in [-0.2, -0.15) is 0 Å². The summed E-state index contributed by atoms with van der Waals surface area (Å²) in [5.74, 6) is 0. The Bertz CT molecular complexity index is 743. The zero-order valence-electron chi connectivity index (χ0n) is 15.4. The molecule has 2 saturated heterocycles. The Labute approximate surface area is 168 Å². The minimum Gasteiger partial charge on any atom is -0.360 e. The van der Waals surface area contributed by atoms with Gasteiger partial charge < -0.3 is 10.1 Å². The maximum absolute atomic E-state index is 6.34. The molecular weight excluding hydrogens is 382 g/mol. The first-order valence-corrected chi connectivity index (χ1v) is 11.2. The van der Waals surface area contributed by atoms with Gasteiger partial charge in [0.05, 0.1) is 23.0 Å². The smallest absolute Gasteiger partial charge is 0.143 e. The van der Waals surface area contributed by atoms with Crippen molar-refractivity contribution < 1.29 is 4.74 Å². The fourth-order valence-electron chi connectivity index (χ4n) is 4.26. The second kappa shape index (κ2) is 7.89. The van der Waals surface area contributed by atoms with E-state index in [0.717, 1.165) is 42.4 Å². The number of fused-ring (bicyclic) bond motifs is 1. The van der Waals surface area contributed by atoms with Crippen LogP contribution in [0, 0.1) is 0 Å². The maximum Gasteiger partial charge on any atom is 0.143 e. The second-order valence-corrected chi connectivity index (χ2v) is 9.42. The summed E-state index contributed by atoms with van der Waals surface area (Å²) in [6.07, 6.45) is 8.94. The van der Waals surface area contributed by atoms with Gasteiger partial charge in [0.1, 0.15) is 11.9 Å². The van der Waals surface area contributed by atoms with Gasteiger partial charge in [0.25, 0.3) is 0 Å². The molecule has 2 atom stereocenters. The molecule has 4 heterocycles. The number of morpholine rings is 1. The van der Waals surface area contributed by atoms with E-state index in [-0.39, 0.29) is 11.7 Å². The molecule has 6 nitrogen and oxygen atoms in total. The summed E-state index contributed by atoms with van der Waals surface area (Å²) in [6, 6.07) is 3.70. The fourth-order valence-corrected chi connectivity index (χ4v) is 5.69. The van der Waals surface area contributed by atoms with Crippen LogP contribution in [0.5, 0.6) is 0 Å². The van der Waals surface area contributed by atoms with Crippen molar-refractivity contribution in [2.75, 3.05) is 32.8 Å². The minimum atomic E-state index is -0.232. The zero-order valence-corrected chi connectivity index (χ0v) is 17.0. The summed E-state index contributed by atoms with van der Waals surface area (Å²) in [7, 11) is 0. The van der Waals surface area contributed by atoms with Crippen LogP contribution >= 0.6 is 22.9 Å². The van der Waals surface area contributed by atoms with E-state index in [4.69, 9.17) is 16.3 Å². The Balaban J connectivity index is 1.38. The zero-order chi connectivity index (χ0) is 18.2. The standard InChI is InChI=1S/C19H26ClN5OS/c20-18-11-25(7-8-26-18)19(16-9-15-17(27-16)10-21-12-22-15)24-5-3-14(4-6-24)23-13-1-2-13/h9-10,12-14,18-19,23H,1-8,11H2. The SMILES string of the molecule is ClC1CN(C(c2cc3ncncc3s2)N2CCC(NC3CC3)CC2)CCO1. The molecule has 0 aromatic carbocycles. The first kappa shape index (κ1) is 18.2. The lowest BCUT2D eigenvalue weighted by molar-refractivity contribution is -0.0542. The molecule has 146 valence electrons. The molecule has 0 bridgehead atoms. The van der Waals surface area contributed by atoms with Crippen LogP contribution in [0.15, 0.2) is 18.6 Å². The lowest BCUT2D eigenvalue weighted by Crippen LogP contribution is -2.52. The molecule has 5 rings (SSSR count). The lowest BCUT2D eigenvalue weighted by atomic mass is 10.0. The van der Waals surface area contributed by atoms with Crippen LogP contribution in [-0.2, 0) is 4.74 Å². The van der Waals surface area contributed by atoms with Crippen molar-refractivity contribution >= 4 is 33.2 Å². The molecule has 0 amide bonds. The van der Waals surface area contributed by atoms with Crippen molar-refractivity contribution in [3.05, 3.63) is 23.5 Å². The topological polar surface area (TPSA) is 53.5 Å². The van der Waals surface area contributed by atoms with Crippen LogP contribution in [0.4, 0.5) is 0 Å². The summed E-state index contributed by atoms with van der Waals surface area (Å²) in [5.41, 5.74) is 0.806. The van der Waals surface area contributed by atoms with E-state index in [1.165, 1.54) is 30.6 Å². The molecule has 2 aliphatic heterocycles. The van der Waals surface area contributed by atoms with Crippen molar-refractivity contribution in [3.8, 4) is 0 Å². The first-order valence-electron chi connectivity index (χ1n) is 9.95. The summed E-state index contributed by atoms with van der Waals surface area (Å²) in [5, 5.41) is 3.80. The number of halogens is 1. The van der Waals surface area contributed by atoms with E-state index in [1.807, 2.05) is 17.5 Å². The Kier molecular flexibility index (Phi) is 5.32. The third kappa shape index (κ3) is 4.13. The molecule has 2 aromatic heterocycles. The Morgan fingerprint density at radius 1 is 1.15 bits per heavy atom. The Morgan fingerprint density at radius 2 is 1.96 bits per heavy atom. The molecule has 3 aliphatic rings. The van der Waals surface area contributed by atoms with Gasteiger partial charge in [0, 0.05) is 49.3 Å². The number of hydrogen-bond acceptors (Lipinski definition) is 7. The highest BCUT2D eigenvalue weighted by molar-refractivity contribution is 7.19. The number of thiophene rings is 1. The number of aromatic nitrogens is 2. The van der Waals surface area contributed by atoms with E-state index in [2.05, 4.69) is 31.2 Å². The summed E-state index contributed by atoms with van der Waals surface area (Å²) >= 11 is 8.14. The summed E-state index contributed by atoms with van der Waals surface area (Å²) in [6.45, 7) is 4.58. The van der Waals surface area contributed by atoms with Crippen LogP contribution in [-0.4, -0.2) is 70.2 Å². The molecule has 0 spiro atoms. The van der Waals surface area contributed by atoms with Gasteiger partial charge in [-0.25, -0.2) is 9.97 Å². The molecule has 1 saturated carbocycles. The number of hydrogen-bond donors (Lipinski definition) is 1. The van der Waals surface area contributed by atoms with Crippen molar-refractivity contribution in [2.24, 2.45) is 0 Å². The van der Waals surface area contributed by atoms with Crippen molar-refractivity contribution in [2.45, 2.75) is 49.5 Å². The van der Waals surface area contributed by atoms with Gasteiger partial charge in [-0.05, 0) is 31.7 Å². The third-order valence-electron chi connectivity index (χ3n) is 5.79. The molecule has 1 aliphatic carbocycles. The molecule has 1 N–H and O–H groups in total. The number of piperidine rings is 1. The average Bonchev–Trinajstić information content (AvgIpc) is 3.39. The fraction of sp³-hybridized carbons (Fsp3) is 0.684. The first-order chi connectivity index (χ1) is 13.3. The van der Waals surface area contributed by atoms with Crippen LogP contribution in [0.1, 0.15) is 36.7 Å². The summed E-state index contributed by atoms with van der Waals surface area (Å²) in [4.78, 5) is 15.1. The molecule has 2 unspecified atom stereocenters. The molecule has 8 heteroatoms. The number of likely N-dealkylation sites (tertiary alicyclic amines) is 1. The van der Waals surface area contributed by atoms with Gasteiger partial charge in [-0.15, -0.1) is 11.3 Å². The van der Waals surface area contributed by atoms with E-state index >= 15 is 0 Å². The molecule has 27 heavy (non-hydrogen) atoms. The van der Waals surface area contributed by atoms with Crippen molar-refractivity contribution in [1.29, 1.82) is 0 Å². The molecular formula is C19H26ClN5OS. The van der Waals surface area contributed by atoms with Crippen LogP contribution in [0.25, 0.3) is 10.2 Å². The highest BCUT2D eigenvalue weighted by atomic mass is 35.5. The van der Waals surface area contributed by atoms with Gasteiger partial charge in [-0.1, -0.05) is 11.6 Å². The highest BCUT2D eigenvalue weighted by Gasteiger charge is 2.35.